The Labute approximate surface area is 78.7 Å². The Balaban J connectivity index is 2.21. The number of carbonyl (C=O) groups excluding carboxylic acids is 1. The van der Waals surface area contributed by atoms with Crippen LogP contribution in [-0.4, -0.2) is 24.8 Å². The zero-order chi connectivity index (χ0) is 9.73. The third-order valence-corrected chi connectivity index (χ3v) is 2.02. The van der Waals surface area contributed by atoms with Gasteiger partial charge in [0, 0.05) is 6.42 Å². The Morgan fingerprint density at radius 1 is 1.46 bits per heavy atom. The van der Waals surface area contributed by atoms with Crippen LogP contribution in [0.5, 0.6) is 0 Å². The first-order chi connectivity index (χ1) is 6.12. The molecule has 0 radical (unpaired) electrons. The first kappa shape index (κ1) is 10.4. The predicted octanol–water partition coefficient (Wildman–Crippen LogP) is 1.67. The van der Waals surface area contributed by atoms with E-state index >= 15 is 0 Å². The zero-order valence-electron chi connectivity index (χ0n) is 8.21. The van der Waals surface area contributed by atoms with Crippen molar-refractivity contribution in [3.05, 3.63) is 12.2 Å². The zero-order valence-corrected chi connectivity index (χ0v) is 8.21. The van der Waals surface area contributed by atoms with Gasteiger partial charge in [-0.3, -0.25) is 4.79 Å². The van der Waals surface area contributed by atoms with Gasteiger partial charge in [0.2, 0.25) is 0 Å². The molecule has 13 heavy (non-hydrogen) atoms. The van der Waals surface area contributed by atoms with Crippen LogP contribution in [0.25, 0.3) is 0 Å². The van der Waals surface area contributed by atoms with Crippen molar-refractivity contribution in [2.45, 2.75) is 32.5 Å². The second-order valence-corrected chi connectivity index (χ2v) is 3.38. The van der Waals surface area contributed by atoms with E-state index in [0.717, 1.165) is 12.8 Å². The van der Waals surface area contributed by atoms with Gasteiger partial charge in [-0.25, -0.2) is 0 Å². The van der Waals surface area contributed by atoms with E-state index in [2.05, 4.69) is 0 Å². The topological polar surface area (TPSA) is 35.5 Å². The monoisotopic (exact) mass is 184 g/mol. The lowest BCUT2D eigenvalue weighted by molar-refractivity contribution is -0.145. The number of allylic oxidation sites excluding steroid dienone is 2. The molecule has 3 nitrogen and oxygen atoms in total. The molecule has 74 valence electrons. The van der Waals surface area contributed by atoms with E-state index in [1.165, 1.54) is 0 Å². The average Bonchev–Trinajstić information content (AvgIpc) is 2.47. The minimum atomic E-state index is -0.429. The van der Waals surface area contributed by atoms with Gasteiger partial charge >= 0.3 is 0 Å². The molecule has 0 amide bonds. The van der Waals surface area contributed by atoms with Crippen LogP contribution >= 0.6 is 0 Å². The maximum Gasteiger partial charge on any atom is 0.166 e. The van der Waals surface area contributed by atoms with Gasteiger partial charge in [-0.2, -0.15) is 0 Å². The van der Waals surface area contributed by atoms with E-state index in [1.54, 1.807) is 13.0 Å². The van der Waals surface area contributed by atoms with Crippen LogP contribution in [0, 0.1) is 0 Å². The summed E-state index contributed by atoms with van der Waals surface area (Å²) >= 11 is 0. The van der Waals surface area contributed by atoms with Crippen LogP contribution in [0.15, 0.2) is 12.2 Å². The molecular formula is C10H16O3. The quantitative estimate of drug-likeness (QED) is 0.623. The van der Waals surface area contributed by atoms with Crippen molar-refractivity contribution < 1.29 is 14.3 Å². The molecular weight excluding hydrogens is 168 g/mol. The second kappa shape index (κ2) is 4.53. The normalized spacial score (nSPS) is 21.1. The molecule has 0 saturated carbocycles. The van der Waals surface area contributed by atoms with Crippen LogP contribution in [0.1, 0.15) is 26.7 Å². The molecule has 1 rings (SSSR count). The number of ether oxygens (including phenoxy) is 2. The highest BCUT2D eigenvalue weighted by atomic mass is 16.7. The molecule has 0 bridgehead atoms. The Morgan fingerprint density at radius 2 is 2.08 bits per heavy atom. The van der Waals surface area contributed by atoms with E-state index in [0.29, 0.717) is 13.2 Å². The van der Waals surface area contributed by atoms with Gasteiger partial charge in [0.05, 0.1) is 13.2 Å². The molecule has 0 aromatic carbocycles. The highest BCUT2D eigenvalue weighted by molar-refractivity contribution is 5.87. The SMILES string of the molecule is CC(=O)/C=C/CCC1(C)OCCO1. The van der Waals surface area contributed by atoms with Crippen molar-refractivity contribution in [3.63, 3.8) is 0 Å². The van der Waals surface area contributed by atoms with Gasteiger partial charge in [-0.1, -0.05) is 6.08 Å². The van der Waals surface area contributed by atoms with E-state index < -0.39 is 5.79 Å². The molecule has 1 fully saturated rings. The van der Waals surface area contributed by atoms with Crippen LogP contribution in [-0.2, 0) is 14.3 Å². The van der Waals surface area contributed by atoms with Crippen LogP contribution < -0.4 is 0 Å². The second-order valence-electron chi connectivity index (χ2n) is 3.38. The predicted molar refractivity (Wildman–Crippen MR) is 49.4 cm³/mol. The van der Waals surface area contributed by atoms with Gasteiger partial charge in [0.15, 0.2) is 11.6 Å². The minimum absolute atomic E-state index is 0.0819. The summed E-state index contributed by atoms with van der Waals surface area (Å²) in [5.74, 6) is -0.348. The van der Waals surface area contributed by atoms with Gasteiger partial charge < -0.3 is 9.47 Å². The number of rotatable bonds is 4. The van der Waals surface area contributed by atoms with Gasteiger partial charge in [0.1, 0.15) is 0 Å². The lowest BCUT2D eigenvalue weighted by Crippen LogP contribution is -2.24. The summed E-state index contributed by atoms with van der Waals surface area (Å²) in [6, 6.07) is 0. The molecule has 1 aliphatic heterocycles. The summed E-state index contributed by atoms with van der Waals surface area (Å²) in [6.45, 7) is 4.82. The van der Waals surface area contributed by atoms with Crippen LogP contribution in [0.4, 0.5) is 0 Å². The molecule has 0 unspecified atom stereocenters. The Kier molecular flexibility index (Phi) is 3.63. The van der Waals surface area contributed by atoms with Gasteiger partial charge in [-0.05, 0) is 26.3 Å². The summed E-state index contributed by atoms with van der Waals surface area (Å²) in [6.07, 6.45) is 5.06. The first-order valence-corrected chi connectivity index (χ1v) is 4.57. The van der Waals surface area contributed by atoms with Crippen molar-refractivity contribution in [2.24, 2.45) is 0 Å². The molecule has 0 aromatic heterocycles. The Bertz CT molecular complexity index is 202. The van der Waals surface area contributed by atoms with Crippen molar-refractivity contribution >= 4 is 5.78 Å². The number of hydrogen-bond donors (Lipinski definition) is 0. The summed E-state index contributed by atoms with van der Waals surface area (Å²) < 4.78 is 10.8. The number of ketones is 1. The highest BCUT2D eigenvalue weighted by Gasteiger charge is 2.29. The Hall–Kier alpha value is -0.670. The van der Waals surface area contributed by atoms with Gasteiger partial charge in [0.25, 0.3) is 0 Å². The van der Waals surface area contributed by atoms with E-state index in [9.17, 15) is 4.79 Å². The van der Waals surface area contributed by atoms with Crippen molar-refractivity contribution in [1.82, 2.24) is 0 Å². The lowest BCUT2D eigenvalue weighted by Gasteiger charge is -2.20. The molecule has 1 saturated heterocycles. The maximum atomic E-state index is 10.6. The first-order valence-electron chi connectivity index (χ1n) is 4.57. The fourth-order valence-electron chi connectivity index (χ4n) is 1.30. The van der Waals surface area contributed by atoms with Crippen LogP contribution in [0.2, 0.25) is 0 Å². The smallest absolute Gasteiger partial charge is 0.166 e. The molecule has 0 aromatic rings. The lowest BCUT2D eigenvalue weighted by atomic mass is 10.1. The van der Waals surface area contributed by atoms with E-state index in [4.69, 9.17) is 9.47 Å². The maximum absolute atomic E-state index is 10.6. The van der Waals surface area contributed by atoms with Crippen molar-refractivity contribution in [3.8, 4) is 0 Å². The number of hydrogen-bond acceptors (Lipinski definition) is 3. The van der Waals surface area contributed by atoms with E-state index in [1.807, 2.05) is 13.0 Å². The standard InChI is InChI=1S/C10H16O3/c1-9(11)5-3-4-6-10(2)12-7-8-13-10/h3,5H,4,6-8H2,1-2H3/b5-3+. The average molecular weight is 184 g/mol. The van der Waals surface area contributed by atoms with E-state index in [-0.39, 0.29) is 5.78 Å². The third kappa shape index (κ3) is 3.70. The Morgan fingerprint density at radius 3 is 2.62 bits per heavy atom. The molecule has 3 heteroatoms. The highest BCUT2D eigenvalue weighted by Crippen LogP contribution is 2.23. The molecule has 0 spiro atoms. The summed E-state index contributed by atoms with van der Waals surface area (Å²) in [7, 11) is 0. The summed E-state index contributed by atoms with van der Waals surface area (Å²) in [4.78, 5) is 10.6. The largest absolute Gasteiger partial charge is 0.348 e. The fourth-order valence-corrected chi connectivity index (χ4v) is 1.30. The summed E-state index contributed by atoms with van der Waals surface area (Å²) in [5.41, 5.74) is 0. The molecule has 0 aliphatic carbocycles. The molecule has 0 atom stereocenters. The van der Waals surface area contributed by atoms with Gasteiger partial charge in [-0.15, -0.1) is 0 Å². The third-order valence-electron chi connectivity index (χ3n) is 2.02. The fraction of sp³-hybridized carbons (Fsp3) is 0.700. The summed E-state index contributed by atoms with van der Waals surface area (Å²) in [5, 5.41) is 0. The minimum Gasteiger partial charge on any atom is -0.348 e. The van der Waals surface area contributed by atoms with Crippen molar-refractivity contribution in [2.75, 3.05) is 13.2 Å². The number of carbonyl (C=O) groups is 1. The molecule has 1 aliphatic rings. The molecule has 1 heterocycles. The molecule has 0 N–H and O–H groups in total. The van der Waals surface area contributed by atoms with Crippen molar-refractivity contribution in [1.29, 1.82) is 0 Å². The van der Waals surface area contributed by atoms with Crippen LogP contribution in [0.3, 0.4) is 0 Å².